The lowest BCUT2D eigenvalue weighted by Gasteiger charge is -2.29. The van der Waals surface area contributed by atoms with E-state index in [1.165, 1.54) is 6.07 Å². The molecule has 4 rings (SSSR count). The lowest BCUT2D eigenvalue weighted by molar-refractivity contribution is 0.122. The van der Waals surface area contributed by atoms with Crippen LogP contribution in [0.15, 0.2) is 77.8 Å². The van der Waals surface area contributed by atoms with E-state index in [4.69, 9.17) is 9.47 Å². The number of anilines is 1. The summed E-state index contributed by atoms with van der Waals surface area (Å²) < 4.78 is 25.5. The van der Waals surface area contributed by atoms with Gasteiger partial charge in [-0.25, -0.2) is 4.39 Å². The molecule has 0 radical (unpaired) electrons. The van der Waals surface area contributed by atoms with Gasteiger partial charge in [-0.2, -0.15) is 0 Å². The number of para-hydroxylation sites is 1. The van der Waals surface area contributed by atoms with Crippen molar-refractivity contribution in [2.45, 2.75) is 0 Å². The van der Waals surface area contributed by atoms with Gasteiger partial charge in [-0.05, 0) is 54.1 Å². The molecule has 0 bridgehead atoms. The van der Waals surface area contributed by atoms with Gasteiger partial charge in [0.25, 0.3) is 0 Å². The van der Waals surface area contributed by atoms with Crippen LogP contribution in [0, 0.1) is 5.82 Å². The second kappa shape index (κ2) is 8.67. The normalized spacial score (nSPS) is 14.4. The summed E-state index contributed by atoms with van der Waals surface area (Å²) in [7, 11) is 0. The number of hydrogen-bond donors (Lipinski definition) is 0. The molecule has 1 saturated heterocycles. The Morgan fingerprint density at radius 1 is 0.893 bits per heavy atom. The molecular weight excluding hydrogens is 355 g/mol. The van der Waals surface area contributed by atoms with E-state index in [-0.39, 0.29) is 5.82 Å². The van der Waals surface area contributed by atoms with Gasteiger partial charge in [-0.1, -0.05) is 24.3 Å². The van der Waals surface area contributed by atoms with Crippen LogP contribution >= 0.6 is 0 Å². The van der Waals surface area contributed by atoms with E-state index in [1.807, 2.05) is 65.6 Å². The van der Waals surface area contributed by atoms with E-state index in [1.54, 1.807) is 12.3 Å². The summed E-state index contributed by atoms with van der Waals surface area (Å²) in [5.41, 5.74) is 2.11. The molecule has 0 aliphatic carbocycles. The first kappa shape index (κ1) is 18.2. The quantitative estimate of drug-likeness (QED) is 0.574. The van der Waals surface area contributed by atoms with Gasteiger partial charge >= 0.3 is 0 Å². The van der Waals surface area contributed by atoms with Crippen LogP contribution in [-0.4, -0.2) is 32.5 Å². The summed E-state index contributed by atoms with van der Waals surface area (Å²) in [6, 6.07) is 22.3. The second-order valence-electron chi connectivity index (χ2n) is 6.48. The van der Waals surface area contributed by atoms with Gasteiger partial charge in [-0.3, -0.25) is 4.99 Å². The van der Waals surface area contributed by atoms with Crippen molar-refractivity contribution in [1.29, 1.82) is 0 Å². The fraction of sp³-hybridized carbons (Fsp3) is 0.174. The highest BCUT2D eigenvalue weighted by atomic mass is 19.1. The van der Waals surface area contributed by atoms with Gasteiger partial charge in [0.15, 0.2) is 0 Å². The van der Waals surface area contributed by atoms with Gasteiger partial charge in [0.05, 0.1) is 24.6 Å². The van der Waals surface area contributed by atoms with Crippen LogP contribution in [-0.2, 0) is 4.74 Å². The van der Waals surface area contributed by atoms with Crippen LogP contribution in [0.3, 0.4) is 0 Å². The zero-order chi connectivity index (χ0) is 19.2. The number of nitrogens with zero attached hydrogens (tertiary/aromatic N) is 2. The monoisotopic (exact) mass is 376 g/mol. The smallest absolute Gasteiger partial charge is 0.147 e. The largest absolute Gasteiger partial charge is 0.457 e. The van der Waals surface area contributed by atoms with Crippen molar-refractivity contribution in [2.75, 3.05) is 31.2 Å². The molecule has 3 aromatic carbocycles. The molecule has 142 valence electrons. The highest BCUT2D eigenvalue weighted by Crippen LogP contribution is 2.24. The Bertz CT molecular complexity index is 937. The number of aliphatic imine (C=N–C) groups is 1. The molecule has 3 aromatic rings. The van der Waals surface area contributed by atoms with Gasteiger partial charge in [0, 0.05) is 19.3 Å². The van der Waals surface area contributed by atoms with Crippen LogP contribution in [0.5, 0.6) is 11.5 Å². The molecule has 5 heteroatoms. The maximum absolute atomic E-state index is 14.5. The minimum Gasteiger partial charge on any atom is -0.457 e. The number of benzene rings is 3. The molecule has 1 fully saturated rings. The van der Waals surface area contributed by atoms with Crippen LogP contribution in [0.25, 0.3) is 0 Å². The Morgan fingerprint density at radius 3 is 2.32 bits per heavy atom. The van der Waals surface area contributed by atoms with Crippen molar-refractivity contribution >= 4 is 17.6 Å². The summed E-state index contributed by atoms with van der Waals surface area (Å²) >= 11 is 0. The molecule has 0 saturated carbocycles. The Kier molecular flexibility index (Phi) is 5.64. The van der Waals surface area contributed by atoms with E-state index in [2.05, 4.69) is 4.99 Å². The third kappa shape index (κ3) is 4.56. The second-order valence-corrected chi connectivity index (χ2v) is 6.48. The lowest BCUT2D eigenvalue weighted by atomic mass is 10.2. The van der Waals surface area contributed by atoms with Crippen molar-refractivity contribution in [3.8, 4) is 11.5 Å². The molecule has 0 N–H and O–H groups in total. The van der Waals surface area contributed by atoms with Crippen LogP contribution in [0.1, 0.15) is 5.56 Å². The SMILES string of the molecule is Fc1cc(C=Nc2ccc(Oc3ccccc3)cc2)ccc1N1CCOCC1. The maximum Gasteiger partial charge on any atom is 0.147 e. The number of morpholine rings is 1. The van der Waals surface area contributed by atoms with Gasteiger partial charge < -0.3 is 14.4 Å². The first-order valence-corrected chi connectivity index (χ1v) is 9.27. The number of halogens is 1. The summed E-state index contributed by atoms with van der Waals surface area (Å²) in [6.07, 6.45) is 1.67. The van der Waals surface area contributed by atoms with Crippen molar-refractivity contribution < 1.29 is 13.9 Å². The average molecular weight is 376 g/mol. The Labute approximate surface area is 163 Å². The average Bonchev–Trinajstić information content (AvgIpc) is 2.75. The van der Waals surface area contributed by atoms with Gasteiger partial charge in [-0.15, -0.1) is 0 Å². The van der Waals surface area contributed by atoms with Crippen LogP contribution in [0.2, 0.25) is 0 Å². The van der Waals surface area contributed by atoms with E-state index in [0.717, 1.165) is 22.7 Å². The lowest BCUT2D eigenvalue weighted by Crippen LogP contribution is -2.36. The molecular formula is C23H21FN2O2. The third-order valence-electron chi connectivity index (χ3n) is 4.50. The van der Waals surface area contributed by atoms with E-state index < -0.39 is 0 Å². The van der Waals surface area contributed by atoms with Gasteiger partial charge in [0.1, 0.15) is 17.3 Å². The standard InChI is InChI=1S/C23H21FN2O2/c24-22-16-18(6-11-23(22)26-12-14-27-15-13-26)17-25-19-7-9-21(10-8-19)28-20-4-2-1-3-5-20/h1-11,16-17H,12-15H2. The molecule has 1 heterocycles. The van der Waals surface area contributed by atoms with E-state index in [0.29, 0.717) is 32.0 Å². The number of ether oxygens (including phenoxy) is 2. The number of hydrogen-bond acceptors (Lipinski definition) is 4. The molecule has 28 heavy (non-hydrogen) atoms. The summed E-state index contributed by atoms with van der Waals surface area (Å²) in [5.74, 6) is 1.29. The van der Waals surface area contributed by atoms with Crippen molar-refractivity contribution in [2.24, 2.45) is 4.99 Å². The molecule has 0 unspecified atom stereocenters. The minimum atomic E-state index is -0.238. The molecule has 0 amide bonds. The predicted octanol–water partition coefficient (Wildman–Crippen LogP) is 5.21. The molecule has 0 atom stereocenters. The molecule has 4 nitrogen and oxygen atoms in total. The molecule has 1 aliphatic rings. The zero-order valence-electron chi connectivity index (χ0n) is 15.4. The minimum absolute atomic E-state index is 0.238. The van der Waals surface area contributed by atoms with E-state index >= 15 is 0 Å². The Morgan fingerprint density at radius 2 is 1.61 bits per heavy atom. The predicted molar refractivity (Wildman–Crippen MR) is 110 cm³/mol. The highest BCUT2D eigenvalue weighted by molar-refractivity contribution is 5.82. The Hall–Kier alpha value is -3.18. The summed E-state index contributed by atoms with van der Waals surface area (Å²) in [5, 5.41) is 0. The highest BCUT2D eigenvalue weighted by Gasteiger charge is 2.14. The molecule has 0 aromatic heterocycles. The van der Waals surface area contributed by atoms with Crippen LogP contribution < -0.4 is 9.64 Å². The zero-order valence-corrected chi connectivity index (χ0v) is 15.4. The number of rotatable bonds is 5. The fourth-order valence-electron chi connectivity index (χ4n) is 3.04. The van der Waals surface area contributed by atoms with Gasteiger partial charge in [0.2, 0.25) is 0 Å². The summed E-state index contributed by atoms with van der Waals surface area (Å²) in [6.45, 7) is 2.68. The van der Waals surface area contributed by atoms with Crippen LogP contribution in [0.4, 0.5) is 15.8 Å². The summed E-state index contributed by atoms with van der Waals surface area (Å²) in [4.78, 5) is 6.43. The fourth-order valence-corrected chi connectivity index (χ4v) is 3.04. The van der Waals surface area contributed by atoms with Crippen molar-refractivity contribution in [3.05, 3.63) is 84.2 Å². The third-order valence-corrected chi connectivity index (χ3v) is 4.50. The first-order valence-electron chi connectivity index (χ1n) is 9.27. The van der Waals surface area contributed by atoms with Crippen molar-refractivity contribution in [1.82, 2.24) is 0 Å². The van der Waals surface area contributed by atoms with E-state index in [9.17, 15) is 4.39 Å². The maximum atomic E-state index is 14.5. The first-order chi connectivity index (χ1) is 13.8. The van der Waals surface area contributed by atoms with Crippen molar-refractivity contribution in [3.63, 3.8) is 0 Å². The molecule has 1 aliphatic heterocycles. The Balaban J connectivity index is 1.41. The molecule has 0 spiro atoms. The topological polar surface area (TPSA) is 34.1 Å².